The number of hydrogen-bond donors (Lipinski definition) is 3. The Labute approximate surface area is 210 Å². The largest absolute Gasteiger partial charge is 0.477 e. The molecule has 0 aromatic carbocycles. The van der Waals surface area contributed by atoms with Gasteiger partial charge in [0.1, 0.15) is 24.5 Å². The molecule has 0 unspecified atom stereocenters. The monoisotopic (exact) mass is 537 g/mol. The van der Waals surface area contributed by atoms with Crippen molar-refractivity contribution in [1.29, 1.82) is 0 Å². The molecule has 0 aliphatic carbocycles. The summed E-state index contributed by atoms with van der Waals surface area (Å²) in [5.74, 6) is -1.54. The molecule has 1 saturated heterocycles. The van der Waals surface area contributed by atoms with Crippen LogP contribution in [0.25, 0.3) is 0 Å². The van der Waals surface area contributed by atoms with Crippen LogP contribution in [0.2, 0.25) is 0 Å². The number of carbonyl (C=O) groups excluding carboxylic acids is 2. The number of thioether (sulfide) groups is 2. The first-order valence-corrected chi connectivity index (χ1v) is 12.8. The van der Waals surface area contributed by atoms with Crippen LogP contribution in [0.3, 0.4) is 0 Å². The van der Waals surface area contributed by atoms with Crippen molar-refractivity contribution in [3.8, 4) is 0 Å². The molecule has 0 radical (unpaired) electrons. The Bertz CT molecular complexity index is 1250. The third-order valence-corrected chi connectivity index (χ3v) is 7.70. The van der Waals surface area contributed by atoms with Crippen molar-refractivity contribution in [2.45, 2.75) is 17.2 Å². The molecule has 4 heterocycles. The third-order valence-electron chi connectivity index (χ3n) is 4.91. The zero-order valence-corrected chi connectivity index (χ0v) is 20.8. The van der Waals surface area contributed by atoms with Crippen LogP contribution in [-0.2, 0) is 26.3 Å². The van der Waals surface area contributed by atoms with Crippen LogP contribution >= 0.6 is 34.9 Å². The second kappa shape index (κ2) is 10.4. The number of aliphatic carboxylic acids is 1. The van der Waals surface area contributed by atoms with Gasteiger partial charge >= 0.3 is 5.97 Å². The number of amides is 2. The number of nitrogen functional groups attached to an aromatic ring is 1. The summed E-state index contributed by atoms with van der Waals surface area (Å²) in [4.78, 5) is 48.1. The normalized spacial score (nSPS) is 20.1. The second-order valence-electron chi connectivity index (χ2n) is 7.05. The van der Waals surface area contributed by atoms with Gasteiger partial charge in [0, 0.05) is 28.8 Å². The Hall–Kier alpha value is -3.44. The molecule has 35 heavy (non-hydrogen) atoms. The predicted molar refractivity (Wildman–Crippen MR) is 128 cm³/mol. The van der Waals surface area contributed by atoms with Crippen LogP contribution in [0.15, 0.2) is 38.4 Å². The lowest BCUT2D eigenvalue weighted by Crippen LogP contribution is -2.73. The number of tetrazole rings is 1. The van der Waals surface area contributed by atoms with E-state index in [9.17, 15) is 19.5 Å². The fourth-order valence-electron chi connectivity index (χ4n) is 3.37. The van der Waals surface area contributed by atoms with Crippen LogP contribution in [-0.4, -0.2) is 89.4 Å². The number of hydrogen-bond acceptors (Lipinski definition) is 13. The van der Waals surface area contributed by atoms with Gasteiger partial charge in [0.25, 0.3) is 11.8 Å². The fraction of sp³-hybridized carbons (Fsp3) is 0.333. The molecule has 2 aromatic heterocycles. The number of aromatic nitrogens is 5. The molecule has 2 atom stereocenters. The SMILES string of the molecule is CO/N=C(/C(=O)N[C@@H]1C(=O)N2C(C(=O)O)=C(/C=C/CSc3nnnn3C)SC[C@H]12)c1csc(N)n1. The van der Waals surface area contributed by atoms with E-state index in [1.807, 2.05) is 0 Å². The van der Waals surface area contributed by atoms with Crippen LogP contribution in [0.1, 0.15) is 5.69 Å². The van der Waals surface area contributed by atoms with Crippen LogP contribution in [0.5, 0.6) is 0 Å². The van der Waals surface area contributed by atoms with E-state index in [-0.39, 0.29) is 22.2 Å². The van der Waals surface area contributed by atoms with Crippen molar-refractivity contribution < 1.29 is 24.3 Å². The number of rotatable bonds is 9. The Morgan fingerprint density at radius 2 is 2.29 bits per heavy atom. The molecular weight excluding hydrogens is 518 g/mol. The molecule has 2 amide bonds. The number of carboxylic acid groups (broad SMARTS) is 1. The van der Waals surface area contributed by atoms with Gasteiger partial charge in [-0.25, -0.2) is 14.5 Å². The number of nitrogens with two attached hydrogens (primary N) is 1. The molecule has 17 heteroatoms. The molecule has 2 aliphatic rings. The van der Waals surface area contributed by atoms with Gasteiger partial charge in [-0.2, -0.15) is 0 Å². The maximum Gasteiger partial charge on any atom is 0.353 e. The minimum Gasteiger partial charge on any atom is -0.477 e. The average molecular weight is 538 g/mol. The minimum atomic E-state index is -1.23. The van der Waals surface area contributed by atoms with E-state index < -0.39 is 29.9 Å². The van der Waals surface area contributed by atoms with Crippen molar-refractivity contribution >= 4 is 63.5 Å². The first-order valence-electron chi connectivity index (χ1n) is 9.90. The topological polar surface area (TPSA) is 191 Å². The molecule has 2 aliphatic heterocycles. The van der Waals surface area contributed by atoms with Crippen molar-refractivity contribution in [3.05, 3.63) is 33.8 Å². The van der Waals surface area contributed by atoms with Crippen molar-refractivity contribution in [1.82, 2.24) is 35.4 Å². The van der Waals surface area contributed by atoms with E-state index in [1.165, 1.54) is 40.2 Å². The Balaban J connectivity index is 1.45. The summed E-state index contributed by atoms with van der Waals surface area (Å²) in [5.41, 5.74) is 5.58. The lowest BCUT2D eigenvalue weighted by atomic mass is 9.94. The third kappa shape index (κ3) is 5.01. The number of nitrogens with zero attached hydrogens (tertiary/aromatic N) is 7. The number of oxime groups is 1. The summed E-state index contributed by atoms with van der Waals surface area (Å²) in [6.45, 7) is 0. The number of β-lactam (4-membered cyclic amide) rings is 1. The van der Waals surface area contributed by atoms with Gasteiger partial charge in [-0.1, -0.05) is 23.0 Å². The molecule has 0 saturated carbocycles. The maximum absolute atomic E-state index is 12.9. The van der Waals surface area contributed by atoms with E-state index >= 15 is 0 Å². The van der Waals surface area contributed by atoms with E-state index in [0.717, 1.165) is 11.3 Å². The maximum atomic E-state index is 12.9. The molecule has 14 nitrogen and oxygen atoms in total. The van der Waals surface area contributed by atoms with Crippen molar-refractivity contribution in [2.75, 3.05) is 24.3 Å². The standard InChI is InChI=1S/C18H19N9O5S3/c1-26-18(22-24-25-26)33-5-3-4-10-13(16(30)31)27-9(7-34-10)12(15(27)29)21-14(28)11(23-32-2)8-6-35-17(19)20-8/h3-4,6,9,12H,5,7H2,1-2H3,(H2,19,20)(H,21,28)(H,30,31)/b4-3+,23-11+/t9-,12+/m1/s1. The second-order valence-corrected chi connectivity index (χ2v) is 9.99. The number of nitrogens with one attached hydrogen (secondary N) is 1. The van der Waals surface area contributed by atoms with Gasteiger partial charge in [-0.15, -0.1) is 28.2 Å². The van der Waals surface area contributed by atoms with Gasteiger partial charge in [0.05, 0.1) is 6.04 Å². The molecule has 0 bridgehead atoms. The number of anilines is 1. The molecule has 184 valence electrons. The highest BCUT2D eigenvalue weighted by Crippen LogP contribution is 2.39. The summed E-state index contributed by atoms with van der Waals surface area (Å²) in [6.07, 6.45) is 3.44. The summed E-state index contributed by atoms with van der Waals surface area (Å²) >= 11 is 3.80. The minimum absolute atomic E-state index is 0.124. The van der Waals surface area contributed by atoms with Crippen molar-refractivity contribution in [3.63, 3.8) is 0 Å². The molecule has 0 spiro atoms. The van der Waals surface area contributed by atoms with Crippen LogP contribution in [0, 0.1) is 0 Å². The summed E-state index contributed by atoms with van der Waals surface area (Å²) in [6, 6.07) is -1.44. The van der Waals surface area contributed by atoms with Gasteiger partial charge in [-0.05, 0) is 16.5 Å². The molecular formula is C18H19N9O5S3. The van der Waals surface area contributed by atoms with E-state index in [1.54, 1.807) is 24.6 Å². The number of thiazole rings is 1. The Morgan fingerprint density at radius 1 is 1.49 bits per heavy atom. The van der Waals surface area contributed by atoms with Gasteiger partial charge in [0.2, 0.25) is 5.16 Å². The van der Waals surface area contributed by atoms with Crippen LogP contribution < -0.4 is 11.1 Å². The van der Waals surface area contributed by atoms with Gasteiger partial charge < -0.3 is 21.0 Å². The first-order chi connectivity index (χ1) is 16.8. The molecule has 4 N–H and O–H groups in total. The zero-order chi connectivity index (χ0) is 25.1. The van der Waals surface area contributed by atoms with E-state index in [2.05, 4.69) is 31.0 Å². The summed E-state index contributed by atoms with van der Waals surface area (Å²) < 4.78 is 1.53. The molecule has 4 rings (SSSR count). The first kappa shape index (κ1) is 24.7. The Morgan fingerprint density at radius 3 is 2.91 bits per heavy atom. The highest BCUT2D eigenvalue weighted by molar-refractivity contribution is 8.03. The Kier molecular flexibility index (Phi) is 7.37. The highest BCUT2D eigenvalue weighted by atomic mass is 32.2. The average Bonchev–Trinajstić information content (AvgIpc) is 3.45. The summed E-state index contributed by atoms with van der Waals surface area (Å²) in [7, 11) is 2.99. The number of carbonyl (C=O) groups is 3. The lowest BCUT2D eigenvalue weighted by Gasteiger charge is -2.49. The lowest BCUT2D eigenvalue weighted by molar-refractivity contribution is -0.153. The van der Waals surface area contributed by atoms with Crippen LogP contribution in [0.4, 0.5) is 5.13 Å². The van der Waals surface area contributed by atoms with E-state index in [0.29, 0.717) is 21.6 Å². The number of aryl methyl sites for hydroxylation is 1. The highest BCUT2D eigenvalue weighted by Gasteiger charge is 2.54. The van der Waals surface area contributed by atoms with Gasteiger partial charge in [-0.3, -0.25) is 14.5 Å². The predicted octanol–water partition coefficient (Wildman–Crippen LogP) is -0.314. The fourth-order valence-corrected chi connectivity index (χ4v) is 5.78. The van der Waals surface area contributed by atoms with Gasteiger partial charge in [0.15, 0.2) is 10.8 Å². The number of fused-ring (bicyclic) bond motifs is 1. The quantitative estimate of drug-likeness (QED) is 0.164. The van der Waals surface area contributed by atoms with E-state index in [4.69, 9.17) is 10.6 Å². The van der Waals surface area contributed by atoms with Crippen molar-refractivity contribution in [2.24, 2.45) is 12.2 Å². The molecule has 2 aromatic rings. The summed E-state index contributed by atoms with van der Waals surface area (Å²) in [5, 5.41) is 29.7. The zero-order valence-electron chi connectivity index (χ0n) is 18.3. The molecule has 1 fully saturated rings. The smallest absolute Gasteiger partial charge is 0.353 e. The number of carboxylic acids is 1. The number of allylic oxidation sites excluding steroid dienone is 1.